The van der Waals surface area contributed by atoms with Crippen molar-refractivity contribution in [3.05, 3.63) is 54.2 Å². The highest BCUT2D eigenvalue weighted by atomic mass is 16.4. The maximum absolute atomic E-state index is 14.7. The van der Waals surface area contributed by atoms with Gasteiger partial charge in [-0.05, 0) is 82.4 Å². The van der Waals surface area contributed by atoms with Crippen LogP contribution in [0.2, 0.25) is 0 Å². The van der Waals surface area contributed by atoms with E-state index in [4.69, 9.17) is 28.7 Å². The number of guanidine groups is 1. The van der Waals surface area contributed by atoms with Crippen LogP contribution in [0.3, 0.4) is 0 Å². The van der Waals surface area contributed by atoms with Crippen LogP contribution >= 0.6 is 0 Å². The number of nitrogens with zero attached hydrogens (tertiary/aromatic N) is 3. The molecule has 22 N–H and O–H groups in total. The highest BCUT2D eigenvalue weighted by molar-refractivity contribution is 5.99. The van der Waals surface area contributed by atoms with Crippen molar-refractivity contribution in [1.29, 1.82) is 0 Å². The van der Waals surface area contributed by atoms with Gasteiger partial charge in [-0.2, -0.15) is 0 Å². The Morgan fingerprint density at radius 2 is 1.37 bits per heavy atom. The first-order chi connectivity index (χ1) is 39.4. The fraction of sp³-hybridized carbons (Fsp3) is 0.558. The minimum atomic E-state index is -1.70. The van der Waals surface area contributed by atoms with Gasteiger partial charge >= 0.3 is 5.97 Å². The summed E-state index contributed by atoms with van der Waals surface area (Å²) >= 11 is 0. The van der Waals surface area contributed by atoms with Gasteiger partial charge in [0.15, 0.2) is 5.96 Å². The number of primary amides is 1. The van der Waals surface area contributed by atoms with Gasteiger partial charge in [-0.15, -0.1) is 0 Å². The molecule has 1 aliphatic rings. The van der Waals surface area contributed by atoms with Gasteiger partial charge in [0.25, 0.3) is 0 Å². The van der Waals surface area contributed by atoms with Crippen molar-refractivity contribution >= 4 is 81.9 Å². The lowest BCUT2D eigenvalue weighted by Gasteiger charge is -2.31. The summed E-state index contributed by atoms with van der Waals surface area (Å²) in [6.07, 6.45) is 4.62. The molecule has 0 radical (unpaired) electrons. The molecule has 9 atom stereocenters. The van der Waals surface area contributed by atoms with Crippen LogP contribution in [0.15, 0.2) is 48.0 Å². The number of amides is 10. The first-order valence-electron chi connectivity index (χ1n) is 27.3. The summed E-state index contributed by atoms with van der Waals surface area (Å²) in [6.45, 7) is 3.85. The van der Waals surface area contributed by atoms with Crippen LogP contribution in [0.5, 0.6) is 0 Å². The Labute approximate surface area is 478 Å². The van der Waals surface area contributed by atoms with E-state index in [1.54, 1.807) is 30.5 Å². The molecule has 1 aliphatic heterocycles. The molecule has 0 unspecified atom stereocenters. The number of aromatic nitrogens is 3. The predicted molar refractivity (Wildman–Crippen MR) is 300 cm³/mol. The zero-order valence-electron chi connectivity index (χ0n) is 46.7. The van der Waals surface area contributed by atoms with Gasteiger partial charge in [0.1, 0.15) is 48.3 Å². The summed E-state index contributed by atoms with van der Waals surface area (Å²) in [5.41, 5.74) is 29.6. The van der Waals surface area contributed by atoms with Gasteiger partial charge in [-0.1, -0.05) is 32.0 Å². The first-order valence-corrected chi connectivity index (χ1v) is 27.3. The second-order valence-electron chi connectivity index (χ2n) is 20.6. The summed E-state index contributed by atoms with van der Waals surface area (Å²) < 4.78 is 0. The third-order valence-corrected chi connectivity index (χ3v) is 13.4. The van der Waals surface area contributed by atoms with Crippen LogP contribution in [0.4, 0.5) is 0 Å². The van der Waals surface area contributed by atoms with Crippen molar-refractivity contribution in [2.24, 2.45) is 39.6 Å². The molecule has 0 bridgehead atoms. The van der Waals surface area contributed by atoms with E-state index in [9.17, 15) is 63.0 Å². The monoisotopic (exact) mass is 1160 g/mol. The summed E-state index contributed by atoms with van der Waals surface area (Å²) in [5, 5.41) is 40.7. The molecule has 0 aliphatic carbocycles. The van der Waals surface area contributed by atoms with E-state index in [2.05, 4.69) is 62.5 Å². The molecule has 2 aromatic heterocycles. The molecule has 4 rings (SSSR count). The Morgan fingerprint density at radius 3 is 2.00 bits per heavy atom. The van der Waals surface area contributed by atoms with E-state index in [-0.39, 0.29) is 69.9 Å². The number of likely N-dealkylation sites (tertiary alicyclic amines) is 1. The molecular formula is C52H80N18O13. The van der Waals surface area contributed by atoms with E-state index >= 15 is 0 Å². The van der Waals surface area contributed by atoms with Crippen molar-refractivity contribution in [2.75, 3.05) is 32.8 Å². The number of aliphatic carboxylic acids is 1. The van der Waals surface area contributed by atoms with Gasteiger partial charge in [0.05, 0.1) is 31.9 Å². The number of rotatable bonds is 35. The quantitative estimate of drug-likeness (QED) is 0.0149. The molecule has 31 nitrogen and oxygen atoms in total. The smallest absolute Gasteiger partial charge is 0.305 e. The third kappa shape index (κ3) is 21.6. The van der Waals surface area contributed by atoms with Crippen molar-refractivity contribution in [3.63, 3.8) is 0 Å². The zero-order valence-corrected chi connectivity index (χ0v) is 46.7. The number of H-pyrrole nitrogens is 2. The number of aliphatic hydroxyl groups is 1. The van der Waals surface area contributed by atoms with Crippen molar-refractivity contribution in [1.82, 2.24) is 62.4 Å². The first kappa shape index (κ1) is 66.8. The number of unbranched alkanes of at least 4 members (excludes halogenated alkanes) is 1. The van der Waals surface area contributed by atoms with E-state index in [0.717, 1.165) is 0 Å². The number of carbonyl (C=O) groups is 11. The molecule has 3 aromatic rings. The second-order valence-corrected chi connectivity index (χ2v) is 20.6. The number of hydrogen-bond donors (Lipinski definition) is 17. The maximum Gasteiger partial charge on any atom is 0.305 e. The van der Waals surface area contributed by atoms with Crippen LogP contribution < -0.4 is 71.2 Å². The van der Waals surface area contributed by atoms with E-state index < -0.39 is 139 Å². The SMILES string of the molecule is CC(C)C[C@@H](N)C(=O)NCC(=O)N[C@H](C)C(=O)N[C@H](CO)C(=O)N[C@H](Cc1c[nH]c2ccccc12)C(=O)N[C@H](Cc1cnc[nH]1)C(=O)N[C@H](CCCN=C(N)N)C(=O)N1CCC[C@@H]1C(=O)N[C@H](CC(=O)O)C(=O)N[C@H](CCCCN)C(N)=O. The molecule has 10 amide bonds. The predicted octanol–water partition coefficient (Wildman–Crippen LogP) is -5.29. The largest absolute Gasteiger partial charge is 0.481 e. The number of fused-ring (bicyclic) bond motifs is 1. The standard InChI is InChI=1S/C52H80N18O13/c1-27(2)18-32(54)45(77)61-24-41(72)63-28(3)44(76)69-39(25-71)49(81)66-36(19-29-22-60-33-11-5-4-10-31(29)33)46(78)67-37(20-30-23-58-26-62-30)47(79)65-35(13-8-16-59-52(56)57)51(83)70-17-9-14-40(70)50(82)68-38(21-42(73)74)48(80)64-34(43(55)75)12-6-7-15-53/h4-5,10-11,22-23,26-28,32,34-40,60,71H,6-9,12-21,24-25,53-54H2,1-3H3,(H2,55,75)(H,58,62)(H,61,77)(H,63,72)(H,64,80)(H,65,79)(H,66,81)(H,67,78)(H,68,82)(H,69,76)(H,73,74)(H4,56,57,59)/t28-,32-,34-,35-,36-,37-,38-,39-,40-/m1/s1. The highest BCUT2D eigenvalue weighted by Crippen LogP contribution is 2.22. The third-order valence-electron chi connectivity index (χ3n) is 13.4. The molecular weight excluding hydrogens is 1080 g/mol. The molecule has 1 fully saturated rings. The fourth-order valence-corrected chi connectivity index (χ4v) is 9.10. The number of imidazole rings is 1. The lowest BCUT2D eigenvalue weighted by Crippen LogP contribution is -2.61. The Kier molecular flexibility index (Phi) is 26.8. The number of carboxylic acids is 1. The number of carboxylic acid groups (broad SMARTS) is 1. The van der Waals surface area contributed by atoms with E-state index in [1.807, 2.05) is 13.8 Å². The number of benzene rings is 1. The Morgan fingerprint density at radius 1 is 0.747 bits per heavy atom. The summed E-state index contributed by atoms with van der Waals surface area (Å²) in [6, 6.07) is -5.44. The number of aliphatic hydroxyl groups excluding tert-OH is 1. The van der Waals surface area contributed by atoms with Crippen LogP contribution in [-0.2, 0) is 65.6 Å². The minimum absolute atomic E-state index is 0.00331. The van der Waals surface area contributed by atoms with Crippen LogP contribution in [0, 0.1) is 5.92 Å². The molecule has 0 spiro atoms. The lowest BCUT2D eigenvalue weighted by molar-refractivity contribution is -0.144. The second kappa shape index (κ2) is 33.3. The van der Waals surface area contributed by atoms with Crippen LogP contribution in [-0.4, -0.2) is 188 Å². The lowest BCUT2D eigenvalue weighted by atomic mass is 10.0. The number of aliphatic imine (C=N–C) groups is 1. The average molecular weight is 1170 g/mol. The van der Waals surface area contributed by atoms with Gasteiger partial charge in [-0.3, -0.25) is 57.7 Å². The average Bonchev–Trinajstić information content (AvgIpc) is 4.34. The molecule has 83 heavy (non-hydrogen) atoms. The topological polar surface area (TPSA) is 515 Å². The van der Waals surface area contributed by atoms with Crippen LogP contribution in [0.25, 0.3) is 10.9 Å². The maximum atomic E-state index is 14.7. The normalized spacial score (nSPS) is 15.9. The number of aromatic amines is 2. The number of hydrogen-bond acceptors (Lipinski definition) is 16. The summed E-state index contributed by atoms with van der Waals surface area (Å²) in [4.78, 5) is 163. The number of nitrogens with two attached hydrogens (primary N) is 5. The van der Waals surface area contributed by atoms with E-state index in [0.29, 0.717) is 48.0 Å². The Hall–Kier alpha value is -8.71. The van der Waals surface area contributed by atoms with Crippen molar-refractivity contribution in [2.45, 2.75) is 146 Å². The van der Waals surface area contributed by atoms with Crippen molar-refractivity contribution < 1.29 is 63.0 Å². The highest BCUT2D eigenvalue weighted by Gasteiger charge is 2.41. The Balaban J connectivity index is 1.59. The van der Waals surface area contributed by atoms with Gasteiger partial charge in [-0.25, -0.2) is 4.98 Å². The molecule has 0 saturated carbocycles. The van der Waals surface area contributed by atoms with Gasteiger partial charge in [0, 0.05) is 54.9 Å². The van der Waals surface area contributed by atoms with E-state index in [1.165, 1.54) is 24.3 Å². The minimum Gasteiger partial charge on any atom is -0.481 e. The molecule has 1 saturated heterocycles. The molecule has 456 valence electrons. The zero-order chi connectivity index (χ0) is 61.3. The summed E-state index contributed by atoms with van der Waals surface area (Å²) in [7, 11) is 0. The number of para-hydroxylation sites is 1. The van der Waals surface area contributed by atoms with Gasteiger partial charge < -0.3 is 96.3 Å². The molecule has 31 heteroatoms. The number of nitrogens with one attached hydrogen (secondary N) is 10. The summed E-state index contributed by atoms with van der Waals surface area (Å²) in [5.74, 6) is -10.3. The Bertz CT molecular complexity index is 2750. The number of carbonyl (C=O) groups excluding carboxylic acids is 10. The van der Waals surface area contributed by atoms with Crippen molar-refractivity contribution in [3.8, 4) is 0 Å². The molecule has 1 aromatic carbocycles. The van der Waals surface area contributed by atoms with Gasteiger partial charge in [0.2, 0.25) is 59.1 Å². The molecule has 3 heterocycles. The fourth-order valence-electron chi connectivity index (χ4n) is 9.10. The van der Waals surface area contributed by atoms with Crippen LogP contribution in [0.1, 0.15) is 89.8 Å².